The van der Waals surface area contributed by atoms with Crippen molar-refractivity contribution in [3.63, 3.8) is 0 Å². The van der Waals surface area contributed by atoms with Crippen LogP contribution in [-0.2, 0) is 4.79 Å². The number of rotatable bonds is 3. The minimum atomic E-state index is -1.29. The Bertz CT molecular complexity index is 367. The molecule has 0 bridgehead atoms. The first-order chi connectivity index (χ1) is 6.97. The summed E-state index contributed by atoms with van der Waals surface area (Å²) in [6.07, 6.45) is 0.0773. The van der Waals surface area contributed by atoms with E-state index in [4.69, 9.17) is 10.2 Å². The molecule has 5 heteroatoms. The summed E-state index contributed by atoms with van der Waals surface area (Å²) in [7, 11) is 0. The molecule has 1 aromatic rings. The molecule has 1 unspecified atom stereocenters. The molecule has 2 N–H and O–H groups in total. The Labute approximate surface area is 85.0 Å². The zero-order chi connectivity index (χ0) is 11.6. The van der Waals surface area contributed by atoms with Crippen molar-refractivity contribution >= 4 is 5.97 Å². The van der Waals surface area contributed by atoms with Crippen LogP contribution in [-0.4, -0.2) is 16.2 Å². The third-order valence-corrected chi connectivity index (χ3v) is 2.12. The number of phenolic OH excluding ortho intramolecular Hbond substituents is 1. The van der Waals surface area contributed by atoms with Crippen LogP contribution in [0.2, 0.25) is 0 Å². The zero-order valence-electron chi connectivity index (χ0n) is 8.00. The van der Waals surface area contributed by atoms with Crippen molar-refractivity contribution in [2.45, 2.75) is 19.3 Å². The van der Waals surface area contributed by atoms with E-state index in [0.29, 0.717) is 12.1 Å². The van der Waals surface area contributed by atoms with Gasteiger partial charge in [0.05, 0.1) is 5.92 Å². The van der Waals surface area contributed by atoms with Gasteiger partial charge < -0.3 is 10.2 Å². The second kappa shape index (κ2) is 4.25. The average Bonchev–Trinajstić information content (AvgIpc) is 2.09. The minimum Gasteiger partial charge on any atom is -0.508 e. The molecule has 0 aromatic heterocycles. The predicted octanol–water partition coefficient (Wildman–Crippen LogP) is 2.25. The average molecular weight is 216 g/mol. The van der Waals surface area contributed by atoms with Crippen LogP contribution in [0, 0.1) is 11.6 Å². The molecule has 0 aliphatic heterocycles. The van der Waals surface area contributed by atoms with Crippen LogP contribution in [0.3, 0.4) is 0 Å². The van der Waals surface area contributed by atoms with Crippen LogP contribution in [0.5, 0.6) is 5.75 Å². The molecular weight excluding hydrogens is 206 g/mol. The lowest BCUT2D eigenvalue weighted by atomic mass is 9.95. The van der Waals surface area contributed by atoms with Gasteiger partial charge in [0.15, 0.2) is 0 Å². The lowest BCUT2D eigenvalue weighted by molar-refractivity contribution is -0.139. The Hall–Kier alpha value is -1.65. The number of carboxylic acid groups (broad SMARTS) is 1. The monoisotopic (exact) mass is 216 g/mol. The van der Waals surface area contributed by atoms with Crippen LogP contribution in [0.1, 0.15) is 24.8 Å². The fourth-order valence-electron chi connectivity index (χ4n) is 1.41. The first-order valence-corrected chi connectivity index (χ1v) is 4.38. The van der Waals surface area contributed by atoms with Gasteiger partial charge in [0.25, 0.3) is 0 Å². The summed E-state index contributed by atoms with van der Waals surface area (Å²) in [5.41, 5.74) is -0.511. The predicted molar refractivity (Wildman–Crippen MR) is 48.7 cm³/mol. The number of hydrogen-bond donors (Lipinski definition) is 2. The summed E-state index contributed by atoms with van der Waals surface area (Å²) >= 11 is 0. The first kappa shape index (κ1) is 11.4. The maximum absolute atomic E-state index is 13.2. The molecule has 0 spiro atoms. The molecule has 0 radical (unpaired) electrons. The first-order valence-electron chi connectivity index (χ1n) is 4.38. The molecule has 0 fully saturated rings. The number of benzene rings is 1. The number of aliphatic carboxylic acids is 1. The van der Waals surface area contributed by atoms with Crippen LogP contribution < -0.4 is 0 Å². The molecule has 3 nitrogen and oxygen atoms in total. The van der Waals surface area contributed by atoms with Crippen molar-refractivity contribution in [2.75, 3.05) is 0 Å². The van der Waals surface area contributed by atoms with Gasteiger partial charge in [-0.15, -0.1) is 0 Å². The largest absolute Gasteiger partial charge is 0.508 e. The molecule has 0 aliphatic rings. The Kier molecular flexibility index (Phi) is 3.24. The molecule has 0 saturated carbocycles. The highest BCUT2D eigenvalue weighted by Gasteiger charge is 2.25. The molecule has 0 heterocycles. The van der Waals surface area contributed by atoms with E-state index in [1.165, 1.54) is 6.92 Å². The number of halogens is 2. The maximum atomic E-state index is 13.2. The number of phenols is 1. The minimum absolute atomic E-state index is 0.0773. The summed E-state index contributed by atoms with van der Waals surface area (Å²) in [6.45, 7) is 1.52. The molecule has 0 aliphatic carbocycles. The number of aromatic hydroxyl groups is 1. The molecule has 15 heavy (non-hydrogen) atoms. The van der Waals surface area contributed by atoms with Crippen LogP contribution >= 0.6 is 0 Å². The Morgan fingerprint density at radius 2 is 1.87 bits per heavy atom. The summed E-state index contributed by atoms with van der Waals surface area (Å²) in [4.78, 5) is 10.7. The normalized spacial score (nSPS) is 12.5. The van der Waals surface area contributed by atoms with Gasteiger partial charge in [0, 0.05) is 17.7 Å². The van der Waals surface area contributed by atoms with E-state index in [-0.39, 0.29) is 6.42 Å². The van der Waals surface area contributed by atoms with Crippen LogP contribution in [0.4, 0.5) is 8.78 Å². The maximum Gasteiger partial charge on any atom is 0.311 e. The van der Waals surface area contributed by atoms with Gasteiger partial charge in [-0.2, -0.15) is 0 Å². The Morgan fingerprint density at radius 3 is 2.20 bits per heavy atom. The fourth-order valence-corrected chi connectivity index (χ4v) is 1.41. The summed E-state index contributed by atoms with van der Waals surface area (Å²) < 4.78 is 26.5. The van der Waals surface area contributed by atoms with Gasteiger partial charge in [-0.1, -0.05) is 6.92 Å². The fraction of sp³-hybridized carbons (Fsp3) is 0.300. The molecular formula is C10H10F2O3. The van der Waals surface area contributed by atoms with Gasteiger partial charge in [0.1, 0.15) is 17.4 Å². The van der Waals surface area contributed by atoms with Gasteiger partial charge in [-0.3, -0.25) is 4.79 Å². The van der Waals surface area contributed by atoms with Crippen molar-refractivity contribution in [3.8, 4) is 5.75 Å². The van der Waals surface area contributed by atoms with Crippen molar-refractivity contribution in [1.82, 2.24) is 0 Å². The van der Waals surface area contributed by atoms with Gasteiger partial charge >= 0.3 is 5.97 Å². The summed E-state index contributed by atoms with van der Waals surface area (Å²) in [6, 6.07) is 1.40. The highest BCUT2D eigenvalue weighted by Crippen LogP contribution is 2.28. The third kappa shape index (κ3) is 2.23. The SMILES string of the molecule is CCC(C(=O)O)c1c(F)cc(O)cc1F. The zero-order valence-corrected chi connectivity index (χ0v) is 8.00. The molecule has 0 amide bonds. The summed E-state index contributed by atoms with van der Waals surface area (Å²) in [5, 5.41) is 17.6. The van der Waals surface area contributed by atoms with Crippen molar-refractivity contribution in [2.24, 2.45) is 0 Å². The Morgan fingerprint density at radius 1 is 1.40 bits per heavy atom. The Balaban J connectivity index is 3.29. The van der Waals surface area contributed by atoms with E-state index in [9.17, 15) is 13.6 Å². The van der Waals surface area contributed by atoms with Crippen molar-refractivity contribution < 1.29 is 23.8 Å². The van der Waals surface area contributed by atoms with E-state index >= 15 is 0 Å². The third-order valence-electron chi connectivity index (χ3n) is 2.12. The number of carboxylic acids is 1. The molecule has 0 saturated heterocycles. The second-order valence-electron chi connectivity index (χ2n) is 3.12. The lowest BCUT2D eigenvalue weighted by Crippen LogP contribution is -2.14. The van der Waals surface area contributed by atoms with E-state index in [1.807, 2.05) is 0 Å². The van der Waals surface area contributed by atoms with Crippen molar-refractivity contribution in [3.05, 3.63) is 29.3 Å². The van der Waals surface area contributed by atoms with Gasteiger partial charge in [0.2, 0.25) is 0 Å². The van der Waals surface area contributed by atoms with E-state index in [0.717, 1.165) is 0 Å². The molecule has 1 aromatic carbocycles. The number of hydrogen-bond acceptors (Lipinski definition) is 2. The topological polar surface area (TPSA) is 57.5 Å². The number of carbonyl (C=O) groups is 1. The van der Waals surface area contributed by atoms with E-state index in [1.54, 1.807) is 0 Å². The van der Waals surface area contributed by atoms with Gasteiger partial charge in [-0.25, -0.2) is 8.78 Å². The molecule has 1 atom stereocenters. The second-order valence-corrected chi connectivity index (χ2v) is 3.12. The van der Waals surface area contributed by atoms with E-state index in [2.05, 4.69) is 0 Å². The smallest absolute Gasteiger partial charge is 0.311 e. The van der Waals surface area contributed by atoms with Crippen molar-refractivity contribution in [1.29, 1.82) is 0 Å². The quantitative estimate of drug-likeness (QED) is 0.814. The molecule has 82 valence electrons. The van der Waals surface area contributed by atoms with E-state index < -0.39 is 34.8 Å². The van der Waals surface area contributed by atoms with Crippen LogP contribution in [0.25, 0.3) is 0 Å². The highest BCUT2D eigenvalue weighted by atomic mass is 19.1. The lowest BCUT2D eigenvalue weighted by Gasteiger charge is -2.12. The van der Waals surface area contributed by atoms with Crippen LogP contribution in [0.15, 0.2) is 12.1 Å². The molecule has 1 rings (SSSR count). The summed E-state index contributed by atoms with van der Waals surface area (Å²) in [5.74, 6) is -5.16. The standard InChI is InChI=1S/C10H10F2O3/c1-2-6(10(14)15)9-7(11)3-5(13)4-8(9)12/h3-4,6,13H,2H2,1H3,(H,14,15). The van der Waals surface area contributed by atoms with Gasteiger partial charge in [-0.05, 0) is 6.42 Å². The highest BCUT2D eigenvalue weighted by molar-refractivity contribution is 5.76.